The monoisotopic (exact) mass is 370 g/mol. The number of rotatable bonds is 6. The first kappa shape index (κ1) is 17.9. The fourth-order valence-electron chi connectivity index (χ4n) is 2.40. The molecule has 1 aliphatic rings. The Labute approximate surface area is 154 Å². The predicted molar refractivity (Wildman–Crippen MR) is 95.2 cm³/mol. The van der Waals surface area contributed by atoms with Gasteiger partial charge >= 0.3 is 0 Å². The molecule has 1 atom stereocenters. The molecule has 0 fully saturated rings. The van der Waals surface area contributed by atoms with Gasteiger partial charge < -0.3 is 9.90 Å². The molecule has 1 aromatic heterocycles. The lowest BCUT2D eigenvalue weighted by Gasteiger charge is -2.13. The molecule has 0 aliphatic carbocycles. The summed E-state index contributed by atoms with van der Waals surface area (Å²) >= 11 is 0.841. The third-order valence-electron chi connectivity index (χ3n) is 3.75. The van der Waals surface area contributed by atoms with Crippen LogP contribution in [0.1, 0.15) is 19.7 Å². The number of aromatic amines is 1. The number of thioether (sulfide) groups is 1. The van der Waals surface area contributed by atoms with E-state index in [2.05, 4.69) is 20.3 Å². The second-order valence-electron chi connectivity index (χ2n) is 5.54. The second-order valence-corrected chi connectivity index (χ2v) is 6.55. The summed E-state index contributed by atoms with van der Waals surface area (Å²) in [5.41, 5.74) is 1.12. The third-order valence-corrected chi connectivity index (χ3v) is 4.64. The molecule has 1 N–H and O–H groups in total. The molecule has 0 radical (unpaired) electrons. The quantitative estimate of drug-likeness (QED) is 0.602. The average Bonchev–Trinajstić information content (AvgIpc) is 3.20. The molecule has 8 nitrogen and oxygen atoms in total. The van der Waals surface area contributed by atoms with Crippen molar-refractivity contribution < 1.29 is 14.7 Å². The van der Waals surface area contributed by atoms with Crippen LogP contribution in [-0.2, 0) is 16.0 Å². The first-order valence-corrected chi connectivity index (χ1v) is 8.77. The molecule has 1 aromatic carbocycles. The Morgan fingerprint density at radius 2 is 2.12 bits per heavy atom. The van der Waals surface area contributed by atoms with Crippen LogP contribution >= 0.6 is 11.8 Å². The molecule has 0 spiro atoms. The Bertz CT molecular complexity index is 891. The lowest BCUT2D eigenvalue weighted by atomic mass is 10.0. The van der Waals surface area contributed by atoms with E-state index in [9.17, 15) is 14.7 Å². The van der Waals surface area contributed by atoms with Gasteiger partial charge in [0.2, 0.25) is 5.16 Å². The molecule has 9 heteroatoms. The van der Waals surface area contributed by atoms with E-state index in [0.717, 1.165) is 11.8 Å². The third kappa shape index (κ3) is 3.67. The van der Waals surface area contributed by atoms with Gasteiger partial charge in [-0.25, -0.2) is 4.98 Å². The normalized spacial score (nSPS) is 17.5. The highest BCUT2D eigenvalue weighted by molar-refractivity contribution is 8.03. The number of benzene rings is 1. The van der Waals surface area contributed by atoms with Gasteiger partial charge in [0, 0.05) is 11.3 Å². The van der Waals surface area contributed by atoms with Gasteiger partial charge in [-0.2, -0.15) is 10.1 Å². The number of carbonyl (C=O) groups excluding carboxylic acids is 2. The number of nitrogens with one attached hydrogen (secondary N) is 1. The molecular formula is C17H16N5O3S-. The summed E-state index contributed by atoms with van der Waals surface area (Å²) in [6.07, 6.45) is 1.99. The molecule has 3 rings (SSSR count). The maximum atomic E-state index is 12.7. The van der Waals surface area contributed by atoms with Gasteiger partial charge in [-0.3, -0.25) is 9.89 Å². The van der Waals surface area contributed by atoms with Crippen molar-refractivity contribution in [3.63, 3.8) is 0 Å². The van der Waals surface area contributed by atoms with E-state index in [0.29, 0.717) is 23.6 Å². The van der Waals surface area contributed by atoms with E-state index in [-0.39, 0.29) is 16.0 Å². The maximum Gasteiger partial charge on any atom is 0.260 e. The van der Waals surface area contributed by atoms with Crippen molar-refractivity contribution in [1.29, 1.82) is 0 Å². The Kier molecular flexibility index (Phi) is 5.17. The summed E-state index contributed by atoms with van der Waals surface area (Å²) in [7, 11) is 0. The van der Waals surface area contributed by atoms with Crippen LogP contribution in [0.25, 0.3) is 0 Å². The van der Waals surface area contributed by atoms with E-state index in [1.165, 1.54) is 11.1 Å². The van der Waals surface area contributed by atoms with Gasteiger partial charge in [0.05, 0.1) is 23.3 Å². The largest absolute Gasteiger partial charge is 0.544 e. The molecule has 2 heterocycles. The van der Waals surface area contributed by atoms with E-state index in [1.54, 1.807) is 31.2 Å². The molecule has 0 saturated carbocycles. The van der Waals surface area contributed by atoms with Crippen LogP contribution in [-0.4, -0.2) is 32.8 Å². The van der Waals surface area contributed by atoms with Crippen molar-refractivity contribution in [2.75, 3.05) is 5.01 Å². The number of aliphatic carboxylic acids is 1. The van der Waals surface area contributed by atoms with Gasteiger partial charge in [-0.1, -0.05) is 31.2 Å². The Morgan fingerprint density at radius 1 is 1.38 bits per heavy atom. The number of hydrazone groups is 1. The second kappa shape index (κ2) is 7.52. The standard InChI is InChI=1S/C17H17N5O3S/c1-3-14-18-17(20-19-14)26-13(16(24)25)9-12-10(2)21-22(15(12)23)11-7-5-4-6-8-11/h4-9,12H,3H2,1-2H3,(H,24,25)(H,18,19,20)/p-1/b13-9-/t12-/m0/s1. The molecule has 1 aliphatic heterocycles. The van der Waals surface area contributed by atoms with Crippen LogP contribution in [0.5, 0.6) is 0 Å². The zero-order chi connectivity index (χ0) is 18.7. The number of amides is 1. The van der Waals surface area contributed by atoms with Crippen molar-refractivity contribution >= 4 is 35.0 Å². The Hall–Kier alpha value is -2.94. The summed E-state index contributed by atoms with van der Waals surface area (Å²) in [6, 6.07) is 8.95. The first-order valence-electron chi connectivity index (χ1n) is 7.96. The molecule has 26 heavy (non-hydrogen) atoms. The lowest BCUT2D eigenvalue weighted by Crippen LogP contribution is -2.28. The molecule has 0 unspecified atom stereocenters. The summed E-state index contributed by atoms with van der Waals surface area (Å²) in [4.78, 5) is 28.2. The average molecular weight is 370 g/mol. The van der Waals surface area contributed by atoms with Crippen LogP contribution in [0, 0.1) is 5.92 Å². The van der Waals surface area contributed by atoms with Gasteiger partial charge in [-0.05, 0) is 30.8 Å². The van der Waals surface area contributed by atoms with Crippen LogP contribution in [0.15, 0.2) is 51.6 Å². The number of nitrogens with zero attached hydrogens (tertiary/aromatic N) is 4. The van der Waals surface area contributed by atoms with E-state index >= 15 is 0 Å². The Morgan fingerprint density at radius 3 is 2.73 bits per heavy atom. The molecule has 0 bridgehead atoms. The number of carbonyl (C=O) groups is 2. The minimum atomic E-state index is -1.39. The smallest absolute Gasteiger partial charge is 0.260 e. The van der Waals surface area contributed by atoms with Crippen molar-refractivity contribution in [2.45, 2.75) is 25.4 Å². The summed E-state index contributed by atoms with van der Waals surface area (Å²) in [5, 5.41) is 24.0. The van der Waals surface area contributed by atoms with Crippen LogP contribution < -0.4 is 10.1 Å². The number of H-pyrrole nitrogens is 1. The van der Waals surface area contributed by atoms with E-state index in [1.807, 2.05) is 13.0 Å². The van der Waals surface area contributed by atoms with E-state index in [4.69, 9.17) is 0 Å². The predicted octanol–water partition coefficient (Wildman–Crippen LogP) is 1.13. The maximum absolute atomic E-state index is 12.7. The minimum Gasteiger partial charge on any atom is -0.544 e. The highest BCUT2D eigenvalue weighted by atomic mass is 32.2. The Balaban J connectivity index is 1.85. The zero-order valence-electron chi connectivity index (χ0n) is 14.2. The number of anilines is 1. The van der Waals surface area contributed by atoms with E-state index < -0.39 is 11.9 Å². The first-order chi connectivity index (χ1) is 12.5. The highest BCUT2D eigenvalue weighted by Gasteiger charge is 2.33. The lowest BCUT2D eigenvalue weighted by molar-refractivity contribution is -0.298. The number of hydrogen-bond donors (Lipinski definition) is 1. The molecular weight excluding hydrogens is 354 g/mol. The van der Waals surface area contributed by atoms with Crippen LogP contribution in [0.4, 0.5) is 5.69 Å². The van der Waals surface area contributed by atoms with Gasteiger partial charge in [0.15, 0.2) is 0 Å². The number of para-hydroxylation sites is 1. The molecule has 134 valence electrons. The van der Waals surface area contributed by atoms with Crippen molar-refractivity contribution in [1.82, 2.24) is 15.2 Å². The summed E-state index contributed by atoms with van der Waals surface area (Å²) < 4.78 is 0. The number of carboxylic acid groups (broad SMARTS) is 1. The van der Waals surface area contributed by atoms with Crippen molar-refractivity contribution in [3.8, 4) is 0 Å². The molecule has 0 saturated heterocycles. The summed E-state index contributed by atoms with van der Waals surface area (Å²) in [5.74, 6) is -1.84. The number of carboxylic acids is 1. The van der Waals surface area contributed by atoms with Gasteiger partial charge in [-0.15, -0.1) is 5.10 Å². The van der Waals surface area contributed by atoms with Gasteiger partial charge in [0.25, 0.3) is 5.91 Å². The summed E-state index contributed by atoms with van der Waals surface area (Å²) in [6.45, 7) is 3.58. The minimum absolute atomic E-state index is 0.130. The van der Waals surface area contributed by atoms with Crippen molar-refractivity contribution in [2.24, 2.45) is 11.0 Å². The fraction of sp³-hybridized carbons (Fsp3) is 0.235. The number of hydrogen-bond acceptors (Lipinski definition) is 7. The topological polar surface area (TPSA) is 114 Å². The SMILES string of the molecule is CCc1nc(S/C(=C\[C@@H]2C(=O)N(c3ccccc3)N=C2C)C(=O)[O-])n[nH]1. The number of aryl methyl sites for hydroxylation is 1. The highest BCUT2D eigenvalue weighted by Crippen LogP contribution is 2.29. The zero-order valence-corrected chi connectivity index (χ0v) is 15.0. The van der Waals surface area contributed by atoms with Crippen LogP contribution in [0.2, 0.25) is 0 Å². The van der Waals surface area contributed by atoms with Crippen LogP contribution in [0.3, 0.4) is 0 Å². The van der Waals surface area contributed by atoms with Crippen molar-refractivity contribution in [3.05, 3.63) is 47.1 Å². The number of aromatic nitrogens is 3. The molecule has 1 amide bonds. The molecule has 2 aromatic rings. The fourth-order valence-corrected chi connectivity index (χ4v) is 3.13. The van der Waals surface area contributed by atoms with Gasteiger partial charge in [0.1, 0.15) is 5.82 Å².